The van der Waals surface area contributed by atoms with Crippen molar-refractivity contribution in [3.63, 3.8) is 0 Å². The average Bonchev–Trinajstić information content (AvgIpc) is 2.13. The SMILES string of the molecule is O=CC1OC(Cl)C(Cl)O1. The molecular weight excluding hydrogens is 167 g/mol. The summed E-state index contributed by atoms with van der Waals surface area (Å²) in [5.41, 5.74) is -1.44. The molecule has 5 heteroatoms. The number of halogens is 2. The maximum atomic E-state index is 9.93. The number of ether oxygens (including phenoxy) is 2. The number of hydrogen-bond acceptors (Lipinski definition) is 3. The largest absolute Gasteiger partial charge is 0.322 e. The summed E-state index contributed by atoms with van der Waals surface area (Å²) in [4.78, 5) is 9.93. The summed E-state index contributed by atoms with van der Waals surface area (Å²) in [5, 5.41) is 0. The van der Waals surface area contributed by atoms with Crippen LogP contribution in [0.25, 0.3) is 0 Å². The lowest BCUT2D eigenvalue weighted by molar-refractivity contribution is -0.132. The van der Waals surface area contributed by atoms with E-state index in [1.54, 1.807) is 0 Å². The summed E-state index contributed by atoms with van der Waals surface area (Å²) < 4.78 is 9.33. The molecule has 1 fully saturated rings. The van der Waals surface area contributed by atoms with Gasteiger partial charge in [0.1, 0.15) is 0 Å². The zero-order chi connectivity index (χ0) is 6.85. The highest BCUT2D eigenvalue weighted by Crippen LogP contribution is 2.23. The van der Waals surface area contributed by atoms with Crippen LogP contribution in [-0.4, -0.2) is 23.7 Å². The average molecular weight is 171 g/mol. The summed E-state index contributed by atoms with van der Waals surface area (Å²) >= 11 is 10.8. The predicted octanol–water partition coefficient (Wildman–Crippen LogP) is 0.688. The van der Waals surface area contributed by atoms with Crippen LogP contribution >= 0.6 is 23.2 Å². The van der Waals surface area contributed by atoms with Gasteiger partial charge in [-0.2, -0.15) is 0 Å². The molecule has 2 atom stereocenters. The zero-order valence-corrected chi connectivity index (χ0v) is 5.80. The van der Waals surface area contributed by atoms with Crippen LogP contribution in [0.15, 0.2) is 0 Å². The van der Waals surface area contributed by atoms with E-state index in [1.165, 1.54) is 0 Å². The Labute approximate surface area is 61.8 Å². The summed E-state index contributed by atoms with van der Waals surface area (Å²) in [5.74, 6) is 0. The molecule has 0 aromatic rings. The lowest BCUT2D eigenvalue weighted by Gasteiger charge is -1.97. The maximum absolute atomic E-state index is 9.93. The van der Waals surface area contributed by atoms with Gasteiger partial charge in [-0.25, -0.2) is 0 Å². The minimum Gasteiger partial charge on any atom is -0.322 e. The van der Waals surface area contributed by atoms with E-state index in [4.69, 9.17) is 23.2 Å². The van der Waals surface area contributed by atoms with Crippen molar-refractivity contribution in [3.05, 3.63) is 0 Å². The lowest BCUT2D eigenvalue weighted by atomic mass is 10.7. The third-order valence-corrected chi connectivity index (χ3v) is 1.64. The molecule has 1 rings (SSSR count). The van der Waals surface area contributed by atoms with Gasteiger partial charge in [-0.15, -0.1) is 0 Å². The molecule has 0 aromatic heterocycles. The summed E-state index contributed by atoms with van der Waals surface area (Å²) in [7, 11) is 0. The number of carbonyl (C=O) groups is 1. The van der Waals surface area contributed by atoms with E-state index in [-0.39, 0.29) is 0 Å². The van der Waals surface area contributed by atoms with Gasteiger partial charge in [-0.1, -0.05) is 23.2 Å². The Kier molecular flexibility index (Phi) is 2.29. The van der Waals surface area contributed by atoms with Crippen molar-refractivity contribution in [1.82, 2.24) is 0 Å². The molecule has 2 unspecified atom stereocenters. The Hall–Kier alpha value is 0.170. The first-order valence-corrected chi connectivity index (χ1v) is 3.15. The fraction of sp³-hybridized carbons (Fsp3) is 0.750. The smallest absolute Gasteiger partial charge is 0.217 e. The first-order valence-electron chi connectivity index (χ1n) is 2.28. The molecule has 1 aliphatic heterocycles. The monoisotopic (exact) mass is 170 g/mol. The minimum atomic E-state index is -0.894. The van der Waals surface area contributed by atoms with Crippen LogP contribution in [0.4, 0.5) is 0 Å². The molecule has 0 spiro atoms. The molecule has 0 radical (unpaired) electrons. The highest BCUT2D eigenvalue weighted by molar-refractivity contribution is 6.28. The highest BCUT2D eigenvalue weighted by Gasteiger charge is 2.32. The Morgan fingerprint density at radius 3 is 1.89 bits per heavy atom. The highest BCUT2D eigenvalue weighted by atomic mass is 35.5. The lowest BCUT2D eigenvalue weighted by Crippen LogP contribution is -2.08. The van der Waals surface area contributed by atoms with Gasteiger partial charge >= 0.3 is 0 Å². The van der Waals surface area contributed by atoms with Crippen LogP contribution in [0.2, 0.25) is 0 Å². The first kappa shape index (κ1) is 7.28. The molecule has 1 aliphatic rings. The van der Waals surface area contributed by atoms with E-state index in [1.807, 2.05) is 0 Å². The van der Waals surface area contributed by atoms with Gasteiger partial charge < -0.3 is 9.47 Å². The molecular formula is C4H4Cl2O3. The van der Waals surface area contributed by atoms with E-state index < -0.39 is 17.4 Å². The van der Waals surface area contributed by atoms with Gasteiger partial charge in [0.25, 0.3) is 0 Å². The molecule has 0 N–H and O–H groups in total. The fourth-order valence-electron chi connectivity index (χ4n) is 0.476. The van der Waals surface area contributed by atoms with Crippen LogP contribution in [0.3, 0.4) is 0 Å². The van der Waals surface area contributed by atoms with Crippen molar-refractivity contribution in [3.8, 4) is 0 Å². The number of rotatable bonds is 1. The Balaban J connectivity index is 2.43. The van der Waals surface area contributed by atoms with Crippen LogP contribution in [-0.2, 0) is 14.3 Å². The Bertz CT molecular complexity index is 108. The van der Waals surface area contributed by atoms with Gasteiger partial charge in [-0.3, -0.25) is 4.79 Å². The third kappa shape index (κ3) is 1.55. The van der Waals surface area contributed by atoms with E-state index in [2.05, 4.69) is 9.47 Å². The molecule has 0 saturated carbocycles. The molecule has 0 aliphatic carbocycles. The molecule has 9 heavy (non-hydrogen) atoms. The van der Waals surface area contributed by atoms with Crippen molar-refractivity contribution in [2.45, 2.75) is 17.4 Å². The maximum Gasteiger partial charge on any atom is 0.217 e. The van der Waals surface area contributed by atoms with Gasteiger partial charge in [-0.05, 0) is 0 Å². The summed E-state index contributed by atoms with van der Waals surface area (Å²) in [6.07, 6.45) is -0.396. The number of carbonyl (C=O) groups excluding carboxylic acids is 1. The topological polar surface area (TPSA) is 35.5 Å². The minimum absolute atomic E-state index is 0.498. The third-order valence-electron chi connectivity index (χ3n) is 0.845. The molecule has 3 nitrogen and oxygen atoms in total. The van der Waals surface area contributed by atoms with Crippen molar-refractivity contribution in [2.24, 2.45) is 0 Å². The second-order valence-corrected chi connectivity index (χ2v) is 2.34. The number of aldehydes is 1. The van der Waals surface area contributed by atoms with Crippen LogP contribution in [0, 0.1) is 0 Å². The van der Waals surface area contributed by atoms with E-state index in [0.29, 0.717) is 6.29 Å². The van der Waals surface area contributed by atoms with E-state index >= 15 is 0 Å². The van der Waals surface area contributed by atoms with Gasteiger partial charge in [0, 0.05) is 0 Å². The van der Waals surface area contributed by atoms with Crippen LogP contribution in [0.1, 0.15) is 0 Å². The van der Waals surface area contributed by atoms with Gasteiger partial charge in [0.2, 0.25) is 6.29 Å². The molecule has 0 amide bonds. The van der Waals surface area contributed by atoms with E-state index in [9.17, 15) is 4.79 Å². The number of alkyl halides is 2. The Morgan fingerprint density at radius 1 is 1.22 bits per heavy atom. The van der Waals surface area contributed by atoms with Crippen molar-refractivity contribution in [2.75, 3.05) is 0 Å². The molecule has 0 bridgehead atoms. The normalized spacial score (nSPS) is 43.1. The molecule has 0 aromatic carbocycles. The molecule has 1 saturated heterocycles. The second-order valence-electron chi connectivity index (χ2n) is 1.48. The quantitative estimate of drug-likeness (QED) is 0.430. The molecule has 1 heterocycles. The summed E-state index contributed by atoms with van der Waals surface area (Å²) in [6, 6.07) is 0. The predicted molar refractivity (Wildman–Crippen MR) is 31.3 cm³/mol. The van der Waals surface area contributed by atoms with Crippen molar-refractivity contribution >= 4 is 29.5 Å². The van der Waals surface area contributed by atoms with Crippen LogP contribution in [0.5, 0.6) is 0 Å². The van der Waals surface area contributed by atoms with Gasteiger partial charge in [0.05, 0.1) is 0 Å². The van der Waals surface area contributed by atoms with Crippen LogP contribution < -0.4 is 0 Å². The molecule has 52 valence electrons. The van der Waals surface area contributed by atoms with Gasteiger partial charge in [0.15, 0.2) is 17.4 Å². The fourth-order valence-corrected chi connectivity index (χ4v) is 0.798. The Morgan fingerprint density at radius 2 is 1.67 bits per heavy atom. The zero-order valence-electron chi connectivity index (χ0n) is 4.29. The standard InChI is InChI=1S/C4H4Cl2O3/c5-3-4(6)9-2(1-7)8-3/h1-4H. The second kappa shape index (κ2) is 2.84. The summed E-state index contributed by atoms with van der Waals surface area (Å²) in [6.45, 7) is 0. The van der Waals surface area contributed by atoms with E-state index in [0.717, 1.165) is 0 Å². The van der Waals surface area contributed by atoms with Crippen molar-refractivity contribution < 1.29 is 14.3 Å². The first-order chi connectivity index (χ1) is 4.24. The van der Waals surface area contributed by atoms with Crippen molar-refractivity contribution in [1.29, 1.82) is 0 Å². The number of hydrogen-bond donors (Lipinski definition) is 0.